The second-order valence-corrected chi connectivity index (χ2v) is 3.61. The Labute approximate surface area is 63.2 Å². The molecule has 2 heteroatoms. The van der Waals surface area contributed by atoms with E-state index in [4.69, 9.17) is 5.73 Å². The molecule has 1 aliphatic carbocycles. The van der Waals surface area contributed by atoms with Crippen molar-refractivity contribution in [2.45, 2.75) is 44.7 Å². The highest BCUT2D eigenvalue weighted by atomic mass is 15.0. The predicted octanol–water partition coefficient (Wildman–Crippen LogP) is 0.866. The van der Waals surface area contributed by atoms with Gasteiger partial charge in [-0.1, -0.05) is 6.92 Å². The number of hydrogen-bond acceptors (Lipinski definition) is 2. The van der Waals surface area contributed by atoms with Crippen LogP contribution in [0.5, 0.6) is 0 Å². The molecule has 1 rings (SSSR count). The Hall–Kier alpha value is -0.0800. The monoisotopic (exact) mass is 142 g/mol. The molecule has 0 aromatic heterocycles. The Morgan fingerprint density at radius 3 is 2.60 bits per heavy atom. The molecule has 0 unspecified atom stereocenters. The molecule has 1 saturated carbocycles. The molecule has 3 N–H and O–H groups in total. The van der Waals surface area contributed by atoms with E-state index in [9.17, 15) is 0 Å². The third-order valence-corrected chi connectivity index (χ3v) is 2.32. The SMILES string of the molecule is CC[C@H](N)CNC1(C)CC1. The van der Waals surface area contributed by atoms with Crippen LogP contribution in [0.15, 0.2) is 0 Å². The quantitative estimate of drug-likeness (QED) is 0.611. The highest BCUT2D eigenvalue weighted by molar-refractivity contribution is 4.97. The van der Waals surface area contributed by atoms with Crippen LogP contribution in [0.25, 0.3) is 0 Å². The van der Waals surface area contributed by atoms with Gasteiger partial charge in [0.15, 0.2) is 0 Å². The van der Waals surface area contributed by atoms with Crippen LogP contribution in [0.1, 0.15) is 33.1 Å². The Morgan fingerprint density at radius 2 is 2.20 bits per heavy atom. The van der Waals surface area contributed by atoms with Gasteiger partial charge in [-0.15, -0.1) is 0 Å². The van der Waals surface area contributed by atoms with Gasteiger partial charge in [-0.3, -0.25) is 0 Å². The first kappa shape index (κ1) is 8.02. The fourth-order valence-electron chi connectivity index (χ4n) is 0.886. The molecule has 0 spiro atoms. The fourth-order valence-corrected chi connectivity index (χ4v) is 0.886. The van der Waals surface area contributed by atoms with E-state index in [1.807, 2.05) is 0 Å². The molecule has 0 bridgehead atoms. The van der Waals surface area contributed by atoms with Gasteiger partial charge in [-0.05, 0) is 26.2 Å². The first-order chi connectivity index (χ1) is 4.66. The van der Waals surface area contributed by atoms with E-state index in [-0.39, 0.29) is 0 Å². The zero-order valence-corrected chi connectivity index (χ0v) is 6.98. The standard InChI is InChI=1S/C8H18N2/c1-3-7(9)6-10-8(2)4-5-8/h7,10H,3-6,9H2,1-2H3/t7-/m0/s1. The molecule has 0 amide bonds. The third-order valence-electron chi connectivity index (χ3n) is 2.32. The minimum atomic E-state index is 0.345. The van der Waals surface area contributed by atoms with Crippen molar-refractivity contribution < 1.29 is 0 Å². The summed E-state index contributed by atoms with van der Waals surface area (Å²) in [5.74, 6) is 0. The van der Waals surface area contributed by atoms with E-state index in [2.05, 4.69) is 19.2 Å². The molecule has 0 radical (unpaired) electrons. The number of hydrogen-bond donors (Lipinski definition) is 2. The van der Waals surface area contributed by atoms with Gasteiger partial charge in [0.05, 0.1) is 0 Å². The van der Waals surface area contributed by atoms with Crippen LogP contribution in [-0.2, 0) is 0 Å². The van der Waals surface area contributed by atoms with E-state index < -0.39 is 0 Å². The molecule has 2 nitrogen and oxygen atoms in total. The van der Waals surface area contributed by atoms with Crippen LogP contribution >= 0.6 is 0 Å². The maximum atomic E-state index is 5.75. The maximum absolute atomic E-state index is 5.75. The predicted molar refractivity (Wildman–Crippen MR) is 43.9 cm³/mol. The van der Waals surface area contributed by atoms with Crippen molar-refractivity contribution in [2.75, 3.05) is 6.54 Å². The zero-order chi connectivity index (χ0) is 7.61. The second-order valence-electron chi connectivity index (χ2n) is 3.61. The van der Waals surface area contributed by atoms with E-state index in [0.29, 0.717) is 11.6 Å². The fraction of sp³-hybridized carbons (Fsp3) is 1.00. The zero-order valence-electron chi connectivity index (χ0n) is 6.98. The summed E-state index contributed by atoms with van der Waals surface area (Å²) in [5.41, 5.74) is 6.20. The largest absolute Gasteiger partial charge is 0.327 e. The van der Waals surface area contributed by atoms with E-state index in [1.165, 1.54) is 12.8 Å². The Morgan fingerprint density at radius 1 is 1.60 bits per heavy atom. The summed E-state index contributed by atoms with van der Waals surface area (Å²) >= 11 is 0. The van der Waals surface area contributed by atoms with Gasteiger partial charge in [0.1, 0.15) is 0 Å². The average Bonchev–Trinajstić information content (AvgIpc) is 2.64. The smallest absolute Gasteiger partial charge is 0.0162 e. The molecule has 0 saturated heterocycles. The molecule has 10 heavy (non-hydrogen) atoms. The van der Waals surface area contributed by atoms with Crippen molar-refractivity contribution in [3.05, 3.63) is 0 Å². The van der Waals surface area contributed by atoms with Crippen LogP contribution in [0.2, 0.25) is 0 Å². The van der Waals surface area contributed by atoms with Crippen molar-refractivity contribution in [3.63, 3.8) is 0 Å². The first-order valence-electron chi connectivity index (χ1n) is 4.17. The molecule has 60 valence electrons. The van der Waals surface area contributed by atoms with E-state index in [1.54, 1.807) is 0 Å². The van der Waals surface area contributed by atoms with Crippen molar-refractivity contribution >= 4 is 0 Å². The van der Waals surface area contributed by atoms with Crippen LogP contribution in [0, 0.1) is 0 Å². The van der Waals surface area contributed by atoms with Gasteiger partial charge in [-0.2, -0.15) is 0 Å². The van der Waals surface area contributed by atoms with E-state index in [0.717, 1.165) is 13.0 Å². The van der Waals surface area contributed by atoms with Gasteiger partial charge < -0.3 is 11.1 Å². The van der Waals surface area contributed by atoms with Crippen molar-refractivity contribution in [2.24, 2.45) is 5.73 Å². The summed E-state index contributed by atoms with van der Waals surface area (Å²) in [4.78, 5) is 0. The van der Waals surface area contributed by atoms with Gasteiger partial charge in [0.2, 0.25) is 0 Å². The Balaban J connectivity index is 2.04. The van der Waals surface area contributed by atoms with E-state index >= 15 is 0 Å². The van der Waals surface area contributed by atoms with Crippen molar-refractivity contribution in [3.8, 4) is 0 Å². The minimum absolute atomic E-state index is 0.345. The third kappa shape index (κ3) is 2.27. The number of nitrogens with two attached hydrogens (primary N) is 1. The van der Waals surface area contributed by atoms with Gasteiger partial charge in [0, 0.05) is 18.1 Å². The van der Waals surface area contributed by atoms with Crippen LogP contribution in [0.4, 0.5) is 0 Å². The molecule has 1 aliphatic rings. The summed E-state index contributed by atoms with van der Waals surface area (Å²) in [6, 6.07) is 0.345. The topological polar surface area (TPSA) is 38.0 Å². The number of rotatable bonds is 4. The molecular weight excluding hydrogens is 124 g/mol. The first-order valence-corrected chi connectivity index (χ1v) is 4.17. The van der Waals surface area contributed by atoms with Gasteiger partial charge >= 0.3 is 0 Å². The van der Waals surface area contributed by atoms with Crippen molar-refractivity contribution in [1.29, 1.82) is 0 Å². The minimum Gasteiger partial charge on any atom is -0.327 e. The lowest BCUT2D eigenvalue weighted by molar-refractivity contribution is 0.485. The Bertz CT molecular complexity index is 108. The number of nitrogens with one attached hydrogen (secondary N) is 1. The lowest BCUT2D eigenvalue weighted by Gasteiger charge is -2.14. The second kappa shape index (κ2) is 2.89. The summed E-state index contributed by atoms with van der Waals surface area (Å²) in [7, 11) is 0. The molecule has 0 aromatic rings. The molecule has 0 aliphatic heterocycles. The van der Waals surface area contributed by atoms with Crippen LogP contribution in [-0.4, -0.2) is 18.1 Å². The Kier molecular flexibility index (Phi) is 2.32. The highest BCUT2D eigenvalue weighted by Crippen LogP contribution is 2.33. The van der Waals surface area contributed by atoms with Gasteiger partial charge in [0.25, 0.3) is 0 Å². The normalized spacial score (nSPS) is 24.3. The molecule has 1 atom stereocenters. The lowest BCUT2D eigenvalue weighted by Crippen LogP contribution is -2.39. The molecular formula is C8H18N2. The summed E-state index contributed by atoms with van der Waals surface area (Å²) in [6.45, 7) is 5.37. The van der Waals surface area contributed by atoms with Crippen molar-refractivity contribution in [1.82, 2.24) is 5.32 Å². The summed E-state index contributed by atoms with van der Waals surface area (Å²) in [5, 5.41) is 3.46. The maximum Gasteiger partial charge on any atom is 0.0162 e. The highest BCUT2D eigenvalue weighted by Gasteiger charge is 2.36. The molecule has 0 heterocycles. The van der Waals surface area contributed by atoms with Gasteiger partial charge in [-0.25, -0.2) is 0 Å². The summed E-state index contributed by atoms with van der Waals surface area (Å²) < 4.78 is 0. The molecule has 1 fully saturated rings. The summed E-state index contributed by atoms with van der Waals surface area (Å²) in [6.07, 6.45) is 3.72. The molecule has 0 aromatic carbocycles. The average molecular weight is 142 g/mol. The van der Waals surface area contributed by atoms with Crippen LogP contribution < -0.4 is 11.1 Å². The lowest BCUT2D eigenvalue weighted by atomic mass is 10.2. The van der Waals surface area contributed by atoms with Crippen LogP contribution in [0.3, 0.4) is 0 Å².